The summed E-state index contributed by atoms with van der Waals surface area (Å²) in [5.74, 6) is 1.60. The van der Waals surface area contributed by atoms with Crippen LogP contribution in [0.3, 0.4) is 0 Å². The Morgan fingerprint density at radius 3 is 2.37 bits per heavy atom. The first kappa shape index (κ1) is 35.5. The Morgan fingerprint density at radius 1 is 1.18 bits per heavy atom. The molecule has 0 radical (unpaired) electrons. The summed E-state index contributed by atoms with van der Waals surface area (Å²) in [4.78, 5) is 17.7. The number of aromatic hydroxyl groups is 1. The average molecular weight is 614 g/mol. The van der Waals surface area contributed by atoms with Gasteiger partial charge in [0, 0.05) is 31.3 Å². The number of nitrogens with zero attached hydrogens (tertiary/aromatic N) is 1. The number of benzene rings is 1. The van der Waals surface area contributed by atoms with Crippen molar-refractivity contribution in [2.75, 3.05) is 47.7 Å². The maximum Gasteiger partial charge on any atom is 0.227 e. The quantitative estimate of drug-likeness (QED) is 0.126. The highest BCUT2D eigenvalue weighted by Gasteiger charge is 2.19. The SMILES string of the molecule is CC.CCCCN(C/C=C/C(OC)=C(OC)\C(=C\Br)OC)C(=O)C/C(=C\NC)c1cc(C)cc(O)c1SC. The number of phenolic OH excluding ortho intramolecular Hbond substituents is 1. The predicted molar refractivity (Wildman–Crippen MR) is 163 cm³/mol. The molecule has 0 heterocycles. The molecular weight excluding hydrogens is 568 g/mol. The van der Waals surface area contributed by atoms with Gasteiger partial charge >= 0.3 is 0 Å². The lowest BCUT2D eigenvalue weighted by Gasteiger charge is -2.23. The third-order valence-electron chi connectivity index (χ3n) is 5.34. The molecule has 0 bridgehead atoms. The van der Waals surface area contributed by atoms with Crippen molar-refractivity contribution >= 4 is 39.2 Å². The molecule has 0 saturated carbocycles. The molecule has 1 aromatic rings. The molecule has 0 atom stereocenters. The molecular formula is C29H45BrN2O5S. The summed E-state index contributed by atoms with van der Waals surface area (Å²) in [6, 6.07) is 3.74. The van der Waals surface area contributed by atoms with E-state index >= 15 is 0 Å². The lowest BCUT2D eigenvalue weighted by Crippen LogP contribution is -2.32. The number of nitrogens with one attached hydrogen (secondary N) is 1. The number of carbonyl (C=O) groups is 1. The molecule has 9 heteroatoms. The number of phenols is 1. The summed E-state index contributed by atoms with van der Waals surface area (Å²) in [6.07, 6.45) is 9.46. The minimum atomic E-state index is -0.00417. The molecule has 0 fully saturated rings. The summed E-state index contributed by atoms with van der Waals surface area (Å²) < 4.78 is 16.3. The Hall–Kier alpha value is -2.52. The van der Waals surface area contributed by atoms with E-state index in [2.05, 4.69) is 28.2 Å². The summed E-state index contributed by atoms with van der Waals surface area (Å²) in [7, 11) is 6.44. The zero-order valence-electron chi connectivity index (χ0n) is 24.3. The Kier molecular flexibility index (Phi) is 19.1. The zero-order valence-corrected chi connectivity index (χ0v) is 26.7. The van der Waals surface area contributed by atoms with Gasteiger partial charge in [-0.25, -0.2) is 0 Å². The highest BCUT2D eigenvalue weighted by molar-refractivity contribution is 9.11. The summed E-state index contributed by atoms with van der Waals surface area (Å²) >= 11 is 4.73. The minimum absolute atomic E-state index is 0.00417. The second-order valence-electron chi connectivity index (χ2n) is 7.87. The van der Waals surface area contributed by atoms with Gasteiger partial charge in [-0.15, -0.1) is 11.8 Å². The van der Waals surface area contributed by atoms with Crippen molar-refractivity contribution in [3.63, 3.8) is 0 Å². The standard InChI is InChI=1S/C27H39BrN2O5S.C2H6/c1-8-9-12-30(13-10-11-23(33-4)26(35-6)24(17-28)34-5)25(32)16-20(18-29-3)21-14-19(2)15-22(31)27(21)36-7;1-2/h10-11,14-15,17-18,29,31H,8-9,12-13,16H2,1-7H3;1-2H3/b11-10+,20-18+,24-17-,26-23-;. The van der Waals surface area contributed by atoms with Gasteiger partial charge in [0.25, 0.3) is 0 Å². The highest BCUT2D eigenvalue weighted by atomic mass is 79.9. The molecule has 214 valence electrons. The molecule has 0 aliphatic carbocycles. The van der Waals surface area contributed by atoms with Crippen molar-refractivity contribution in [1.29, 1.82) is 0 Å². The number of allylic oxidation sites excluding steroid dienone is 1. The van der Waals surface area contributed by atoms with E-state index in [1.165, 1.54) is 18.9 Å². The van der Waals surface area contributed by atoms with Crippen LogP contribution < -0.4 is 5.32 Å². The van der Waals surface area contributed by atoms with Crippen LogP contribution in [0, 0.1) is 6.92 Å². The van der Waals surface area contributed by atoms with Gasteiger partial charge in [-0.2, -0.15) is 0 Å². The van der Waals surface area contributed by atoms with E-state index in [1.54, 1.807) is 38.4 Å². The van der Waals surface area contributed by atoms with E-state index in [-0.39, 0.29) is 18.1 Å². The van der Waals surface area contributed by atoms with Gasteiger partial charge in [0.05, 0.1) is 32.6 Å². The normalized spacial score (nSPS) is 12.4. The van der Waals surface area contributed by atoms with Gasteiger partial charge in [0.1, 0.15) is 5.75 Å². The number of unbranched alkanes of at least 4 members (excludes halogenated alkanes) is 1. The topological polar surface area (TPSA) is 80.3 Å². The van der Waals surface area contributed by atoms with Crippen molar-refractivity contribution in [2.45, 2.75) is 51.9 Å². The number of ether oxygens (including phenoxy) is 3. The molecule has 2 N–H and O–H groups in total. The third-order valence-corrected chi connectivity index (χ3v) is 6.60. The molecule has 0 aliphatic rings. The Bertz CT molecular complexity index is 989. The van der Waals surface area contributed by atoms with Crippen LogP contribution in [-0.2, 0) is 19.0 Å². The fourth-order valence-corrected chi connectivity index (χ4v) is 4.65. The second-order valence-corrected chi connectivity index (χ2v) is 9.15. The first-order chi connectivity index (χ1) is 18.3. The molecule has 1 rings (SSSR count). The number of thioether (sulfide) groups is 1. The highest BCUT2D eigenvalue weighted by Crippen LogP contribution is 2.36. The van der Waals surface area contributed by atoms with Crippen LogP contribution in [0.25, 0.3) is 5.57 Å². The van der Waals surface area contributed by atoms with Crippen LogP contribution in [0.2, 0.25) is 0 Å². The number of hydrogen-bond donors (Lipinski definition) is 2. The fourth-order valence-electron chi connectivity index (χ4n) is 3.58. The number of halogens is 1. The number of amides is 1. The molecule has 0 saturated heterocycles. The van der Waals surface area contributed by atoms with Crippen LogP contribution in [0.4, 0.5) is 0 Å². The van der Waals surface area contributed by atoms with Crippen LogP contribution in [-0.4, -0.2) is 63.6 Å². The van der Waals surface area contributed by atoms with Crippen molar-refractivity contribution in [1.82, 2.24) is 10.2 Å². The number of methoxy groups -OCH3 is 3. The lowest BCUT2D eigenvalue weighted by molar-refractivity contribution is -0.129. The predicted octanol–water partition coefficient (Wildman–Crippen LogP) is 6.97. The third kappa shape index (κ3) is 11.1. The largest absolute Gasteiger partial charge is 0.507 e. The molecule has 1 amide bonds. The number of hydrogen-bond acceptors (Lipinski definition) is 7. The van der Waals surface area contributed by atoms with E-state index in [0.29, 0.717) is 30.4 Å². The number of aryl methyl sites for hydroxylation is 1. The average Bonchev–Trinajstić information content (AvgIpc) is 2.92. The van der Waals surface area contributed by atoms with E-state index < -0.39 is 0 Å². The van der Waals surface area contributed by atoms with Gasteiger partial charge in [-0.1, -0.05) is 55.3 Å². The lowest BCUT2D eigenvalue weighted by atomic mass is 10.00. The van der Waals surface area contributed by atoms with Crippen molar-refractivity contribution in [3.05, 3.63) is 63.9 Å². The maximum atomic E-state index is 13.5. The monoisotopic (exact) mass is 612 g/mol. The Balaban J connectivity index is 0.00000667. The summed E-state index contributed by atoms with van der Waals surface area (Å²) in [6.45, 7) is 9.07. The van der Waals surface area contributed by atoms with Gasteiger partial charge in [0.2, 0.25) is 11.7 Å². The molecule has 38 heavy (non-hydrogen) atoms. The molecule has 1 aromatic carbocycles. The number of rotatable bonds is 15. The van der Waals surface area contributed by atoms with E-state index in [9.17, 15) is 9.90 Å². The van der Waals surface area contributed by atoms with Crippen LogP contribution in [0.5, 0.6) is 5.75 Å². The molecule has 0 unspecified atom stereocenters. The first-order valence-electron chi connectivity index (χ1n) is 12.7. The summed E-state index contributed by atoms with van der Waals surface area (Å²) in [5.41, 5.74) is 2.61. The molecule has 7 nitrogen and oxygen atoms in total. The van der Waals surface area contributed by atoms with Crippen LogP contribution in [0.15, 0.2) is 57.6 Å². The smallest absolute Gasteiger partial charge is 0.227 e. The van der Waals surface area contributed by atoms with E-state index in [4.69, 9.17) is 14.2 Å². The van der Waals surface area contributed by atoms with Crippen LogP contribution in [0.1, 0.15) is 51.2 Å². The van der Waals surface area contributed by atoms with E-state index in [1.807, 2.05) is 50.3 Å². The second kappa shape index (κ2) is 20.4. The summed E-state index contributed by atoms with van der Waals surface area (Å²) in [5, 5.41) is 13.5. The number of carbonyl (C=O) groups excluding carboxylic acids is 1. The molecule has 0 spiro atoms. The van der Waals surface area contributed by atoms with Crippen molar-refractivity contribution in [2.24, 2.45) is 0 Å². The maximum absolute atomic E-state index is 13.5. The fraction of sp³-hybridized carbons (Fsp3) is 0.483. The Morgan fingerprint density at radius 2 is 1.87 bits per heavy atom. The zero-order chi connectivity index (χ0) is 29.1. The van der Waals surface area contributed by atoms with Crippen molar-refractivity contribution < 1.29 is 24.1 Å². The van der Waals surface area contributed by atoms with E-state index in [0.717, 1.165) is 34.4 Å². The molecule has 0 aliphatic heterocycles. The first-order valence-corrected chi connectivity index (χ1v) is 14.8. The Labute approximate surface area is 242 Å². The van der Waals surface area contributed by atoms with Gasteiger partial charge in [0.15, 0.2) is 11.5 Å². The molecule has 0 aromatic heterocycles. The van der Waals surface area contributed by atoms with Crippen LogP contribution >= 0.6 is 27.7 Å². The minimum Gasteiger partial charge on any atom is -0.507 e. The van der Waals surface area contributed by atoms with Gasteiger partial charge in [-0.05, 0) is 48.4 Å². The van der Waals surface area contributed by atoms with Gasteiger partial charge < -0.3 is 29.5 Å². The van der Waals surface area contributed by atoms with Gasteiger partial charge in [-0.3, -0.25) is 4.79 Å². The van der Waals surface area contributed by atoms with Crippen molar-refractivity contribution in [3.8, 4) is 5.75 Å².